The van der Waals surface area contributed by atoms with Crippen LogP contribution in [0.2, 0.25) is 0 Å². The number of hydrogen-bond acceptors (Lipinski definition) is 3. The van der Waals surface area contributed by atoms with Crippen molar-refractivity contribution in [3.63, 3.8) is 0 Å². The zero-order chi connectivity index (χ0) is 18.9. The summed E-state index contributed by atoms with van der Waals surface area (Å²) in [6.07, 6.45) is 10.1. The van der Waals surface area contributed by atoms with Gasteiger partial charge in [-0.05, 0) is 38.7 Å². The highest BCUT2D eigenvalue weighted by atomic mass is 16.3. The smallest absolute Gasteiger partial charge is 0.257 e. The van der Waals surface area contributed by atoms with Crippen LogP contribution in [0.1, 0.15) is 76.1 Å². The molecule has 0 aromatic carbocycles. The van der Waals surface area contributed by atoms with Gasteiger partial charge in [0.15, 0.2) is 0 Å². The highest BCUT2D eigenvalue weighted by Crippen LogP contribution is 2.23. The van der Waals surface area contributed by atoms with E-state index in [2.05, 4.69) is 25.7 Å². The SMILES string of the molecule is CCCCCN(C(=O)C1CCN(C(=O)c2ccoc2)CC1)C(C)CCC. The number of unbranched alkanes of at least 4 members (excludes halogenated alkanes) is 2. The van der Waals surface area contributed by atoms with Crippen LogP contribution in [0, 0.1) is 5.92 Å². The molecule has 2 rings (SSSR count). The van der Waals surface area contributed by atoms with E-state index in [1.807, 2.05) is 4.90 Å². The Bertz CT molecular complexity index is 548. The van der Waals surface area contributed by atoms with E-state index in [-0.39, 0.29) is 17.7 Å². The van der Waals surface area contributed by atoms with Crippen LogP contribution >= 0.6 is 0 Å². The fourth-order valence-electron chi connectivity index (χ4n) is 3.79. The maximum absolute atomic E-state index is 13.1. The molecule has 1 aliphatic rings. The van der Waals surface area contributed by atoms with Gasteiger partial charge in [-0.1, -0.05) is 33.1 Å². The topological polar surface area (TPSA) is 53.8 Å². The first-order valence-electron chi connectivity index (χ1n) is 10.2. The predicted molar refractivity (Wildman–Crippen MR) is 103 cm³/mol. The van der Waals surface area contributed by atoms with Crippen LogP contribution in [-0.4, -0.2) is 47.3 Å². The molecule has 0 aliphatic carbocycles. The number of amides is 2. The van der Waals surface area contributed by atoms with Crippen LogP contribution in [0.4, 0.5) is 0 Å². The third kappa shape index (κ3) is 5.36. The Kier molecular flexibility index (Phi) is 8.20. The number of rotatable bonds is 9. The second-order valence-corrected chi connectivity index (χ2v) is 7.45. The van der Waals surface area contributed by atoms with E-state index >= 15 is 0 Å². The number of furan rings is 1. The highest BCUT2D eigenvalue weighted by Gasteiger charge is 2.32. The van der Waals surface area contributed by atoms with Crippen molar-refractivity contribution in [2.75, 3.05) is 19.6 Å². The summed E-state index contributed by atoms with van der Waals surface area (Å²) in [5.74, 6) is 0.339. The molecule has 0 bridgehead atoms. The first-order chi connectivity index (χ1) is 12.6. The van der Waals surface area contributed by atoms with Crippen molar-refractivity contribution in [2.24, 2.45) is 5.92 Å². The van der Waals surface area contributed by atoms with Crippen molar-refractivity contribution in [3.8, 4) is 0 Å². The minimum Gasteiger partial charge on any atom is -0.472 e. The molecule has 1 saturated heterocycles. The fourth-order valence-corrected chi connectivity index (χ4v) is 3.79. The van der Waals surface area contributed by atoms with Crippen LogP contribution in [-0.2, 0) is 4.79 Å². The molecule has 1 aromatic rings. The average Bonchev–Trinajstić information content (AvgIpc) is 3.19. The summed E-state index contributed by atoms with van der Waals surface area (Å²) in [6.45, 7) is 8.68. The third-order valence-electron chi connectivity index (χ3n) is 5.42. The molecule has 5 nitrogen and oxygen atoms in total. The van der Waals surface area contributed by atoms with E-state index in [1.165, 1.54) is 25.4 Å². The average molecular weight is 363 g/mol. The second kappa shape index (κ2) is 10.4. The van der Waals surface area contributed by atoms with Crippen LogP contribution in [0.5, 0.6) is 0 Å². The summed E-state index contributed by atoms with van der Waals surface area (Å²) in [4.78, 5) is 29.5. The summed E-state index contributed by atoms with van der Waals surface area (Å²) >= 11 is 0. The van der Waals surface area contributed by atoms with Crippen molar-refractivity contribution in [2.45, 2.75) is 71.8 Å². The van der Waals surface area contributed by atoms with E-state index in [9.17, 15) is 9.59 Å². The van der Waals surface area contributed by atoms with E-state index in [1.54, 1.807) is 6.07 Å². The number of carbonyl (C=O) groups is 2. The molecule has 1 unspecified atom stereocenters. The lowest BCUT2D eigenvalue weighted by Gasteiger charge is -2.36. The maximum Gasteiger partial charge on any atom is 0.257 e. The fraction of sp³-hybridized carbons (Fsp3) is 0.714. The van der Waals surface area contributed by atoms with Gasteiger partial charge < -0.3 is 14.2 Å². The van der Waals surface area contributed by atoms with Gasteiger partial charge >= 0.3 is 0 Å². The number of likely N-dealkylation sites (tertiary alicyclic amines) is 1. The van der Waals surface area contributed by atoms with Crippen molar-refractivity contribution in [1.82, 2.24) is 9.80 Å². The van der Waals surface area contributed by atoms with Crippen molar-refractivity contribution in [3.05, 3.63) is 24.2 Å². The maximum atomic E-state index is 13.1. The van der Waals surface area contributed by atoms with E-state index in [4.69, 9.17) is 4.42 Å². The number of hydrogen-bond donors (Lipinski definition) is 0. The lowest BCUT2D eigenvalue weighted by Crippen LogP contribution is -2.47. The molecule has 2 amide bonds. The second-order valence-electron chi connectivity index (χ2n) is 7.45. The minimum absolute atomic E-state index is 0.00352. The van der Waals surface area contributed by atoms with Crippen molar-refractivity contribution in [1.29, 1.82) is 0 Å². The number of piperidine rings is 1. The summed E-state index contributed by atoms with van der Waals surface area (Å²) in [7, 11) is 0. The number of carbonyl (C=O) groups excluding carboxylic acids is 2. The van der Waals surface area contributed by atoms with Gasteiger partial charge in [0.05, 0.1) is 11.8 Å². The molecule has 5 heteroatoms. The van der Waals surface area contributed by atoms with Gasteiger partial charge in [0.1, 0.15) is 6.26 Å². The molecule has 1 aromatic heterocycles. The Hall–Kier alpha value is -1.78. The molecule has 0 saturated carbocycles. The van der Waals surface area contributed by atoms with Crippen LogP contribution in [0.25, 0.3) is 0 Å². The highest BCUT2D eigenvalue weighted by molar-refractivity contribution is 5.94. The van der Waals surface area contributed by atoms with Crippen LogP contribution in [0.15, 0.2) is 23.0 Å². The Morgan fingerprint density at radius 1 is 1.23 bits per heavy atom. The quantitative estimate of drug-likeness (QED) is 0.614. The van der Waals surface area contributed by atoms with E-state index in [0.29, 0.717) is 24.7 Å². The molecule has 2 heterocycles. The lowest BCUT2D eigenvalue weighted by atomic mass is 9.93. The van der Waals surface area contributed by atoms with Gasteiger partial charge in [-0.15, -0.1) is 0 Å². The summed E-state index contributed by atoms with van der Waals surface area (Å²) in [5.41, 5.74) is 0.590. The van der Waals surface area contributed by atoms with Gasteiger partial charge in [-0.25, -0.2) is 0 Å². The molecule has 0 radical (unpaired) electrons. The van der Waals surface area contributed by atoms with Crippen molar-refractivity contribution >= 4 is 11.8 Å². The van der Waals surface area contributed by atoms with Gasteiger partial charge in [-0.3, -0.25) is 9.59 Å². The summed E-state index contributed by atoms with van der Waals surface area (Å²) in [5, 5.41) is 0. The molecule has 1 fully saturated rings. The minimum atomic E-state index is 0.00352. The monoisotopic (exact) mass is 362 g/mol. The summed E-state index contributed by atoms with van der Waals surface area (Å²) < 4.78 is 5.01. The molecule has 1 atom stereocenters. The lowest BCUT2D eigenvalue weighted by molar-refractivity contribution is -0.139. The Morgan fingerprint density at radius 3 is 2.54 bits per heavy atom. The van der Waals surface area contributed by atoms with Gasteiger partial charge in [0, 0.05) is 31.6 Å². The first kappa shape index (κ1) is 20.5. The normalized spacial score (nSPS) is 16.5. The molecule has 1 aliphatic heterocycles. The standard InChI is InChI=1S/C21H34N2O3/c1-4-6-7-12-23(17(3)8-5-2)21(25)18-9-13-22(14-10-18)20(24)19-11-15-26-16-19/h11,15-18H,4-10,12-14H2,1-3H3. The molecule has 0 N–H and O–H groups in total. The van der Waals surface area contributed by atoms with Crippen LogP contribution in [0.3, 0.4) is 0 Å². The van der Waals surface area contributed by atoms with Gasteiger partial charge in [-0.2, -0.15) is 0 Å². The molecular weight excluding hydrogens is 328 g/mol. The molecule has 26 heavy (non-hydrogen) atoms. The zero-order valence-corrected chi connectivity index (χ0v) is 16.6. The summed E-state index contributed by atoms with van der Waals surface area (Å²) in [6, 6.07) is 2.00. The van der Waals surface area contributed by atoms with Gasteiger partial charge in [0.25, 0.3) is 5.91 Å². The molecular formula is C21H34N2O3. The predicted octanol–water partition coefficient (Wildman–Crippen LogP) is 4.34. The molecule has 146 valence electrons. The van der Waals surface area contributed by atoms with E-state index < -0.39 is 0 Å². The van der Waals surface area contributed by atoms with Crippen molar-refractivity contribution < 1.29 is 14.0 Å². The largest absolute Gasteiger partial charge is 0.472 e. The third-order valence-corrected chi connectivity index (χ3v) is 5.42. The Morgan fingerprint density at radius 2 is 1.96 bits per heavy atom. The van der Waals surface area contributed by atoms with Crippen LogP contribution < -0.4 is 0 Å². The zero-order valence-electron chi connectivity index (χ0n) is 16.6. The van der Waals surface area contributed by atoms with Gasteiger partial charge in [0.2, 0.25) is 5.91 Å². The Labute approximate surface area is 157 Å². The first-order valence-corrected chi connectivity index (χ1v) is 10.2. The molecule has 0 spiro atoms. The Balaban J connectivity index is 1.91. The number of nitrogens with zero attached hydrogens (tertiary/aromatic N) is 2. The van der Waals surface area contributed by atoms with E-state index in [0.717, 1.165) is 38.6 Å².